The molecule has 6 heteroatoms. The summed E-state index contributed by atoms with van der Waals surface area (Å²) in [5.41, 5.74) is 1.42. The predicted molar refractivity (Wildman–Crippen MR) is 118 cm³/mol. The van der Waals surface area contributed by atoms with Gasteiger partial charge in [0.2, 0.25) is 5.91 Å². The first-order chi connectivity index (χ1) is 14.3. The van der Waals surface area contributed by atoms with Gasteiger partial charge in [-0.25, -0.2) is 4.79 Å². The van der Waals surface area contributed by atoms with Crippen molar-refractivity contribution >= 4 is 17.7 Å². The summed E-state index contributed by atoms with van der Waals surface area (Å²) in [6, 6.07) is 8.74. The highest BCUT2D eigenvalue weighted by atomic mass is 16.6. The molecule has 1 aliphatic carbocycles. The van der Waals surface area contributed by atoms with Crippen molar-refractivity contribution in [1.29, 1.82) is 0 Å². The molecule has 0 unspecified atom stereocenters. The minimum Gasteiger partial charge on any atom is -0.444 e. The molecule has 1 aromatic carbocycles. The van der Waals surface area contributed by atoms with Crippen molar-refractivity contribution < 1.29 is 14.3 Å². The summed E-state index contributed by atoms with van der Waals surface area (Å²) < 4.78 is 5.33. The number of carbonyl (C=O) groups is 2. The number of hydrogen-bond donors (Lipinski definition) is 2. The maximum atomic E-state index is 12.8. The van der Waals surface area contributed by atoms with Crippen molar-refractivity contribution in [3.05, 3.63) is 29.8 Å². The van der Waals surface area contributed by atoms with Crippen LogP contribution in [0.1, 0.15) is 64.9 Å². The molecule has 1 saturated carbocycles. The maximum absolute atomic E-state index is 12.8. The van der Waals surface area contributed by atoms with Gasteiger partial charge in [0.25, 0.3) is 0 Å². The number of benzene rings is 1. The first kappa shape index (κ1) is 21.2. The number of fused-ring (bicyclic) bond motifs is 2. The molecule has 2 fully saturated rings. The number of alkyl carbamates (subject to hydrolysis) is 1. The number of piperidine rings is 1. The number of nitrogens with one attached hydrogen (secondary N) is 2. The summed E-state index contributed by atoms with van der Waals surface area (Å²) in [6.07, 6.45) is 5.88. The lowest BCUT2D eigenvalue weighted by Gasteiger charge is -2.43. The van der Waals surface area contributed by atoms with Gasteiger partial charge in [0.1, 0.15) is 5.60 Å². The molecule has 0 aromatic heterocycles. The third kappa shape index (κ3) is 4.34. The molecule has 0 atom stereocenters. The standard InChI is InChI=1S/C24H35N3O3/c1-23(2,3)30-22(29)25-16-17-10-14-27(15-11-17)18-8-12-24(13-9-18)19-6-4-5-7-20(19)26-21(24)28/h4-7,17-18H,8-16H2,1-3H3,(H,25,29)(H,26,28). The topological polar surface area (TPSA) is 70.7 Å². The van der Waals surface area contributed by atoms with E-state index in [1.165, 1.54) is 5.56 Å². The number of carbonyl (C=O) groups excluding carboxylic acids is 2. The summed E-state index contributed by atoms with van der Waals surface area (Å²) in [5.74, 6) is 0.699. The number of hydrogen-bond acceptors (Lipinski definition) is 4. The normalized spacial score (nSPS) is 27.6. The van der Waals surface area contributed by atoms with Crippen molar-refractivity contribution in [2.24, 2.45) is 5.92 Å². The Morgan fingerprint density at radius 3 is 2.50 bits per heavy atom. The predicted octanol–water partition coefficient (Wildman–Crippen LogP) is 4.06. The Labute approximate surface area is 179 Å². The number of para-hydroxylation sites is 1. The van der Waals surface area contributed by atoms with Crippen molar-refractivity contribution in [1.82, 2.24) is 10.2 Å². The summed E-state index contributed by atoms with van der Waals surface area (Å²) in [6.45, 7) is 8.48. The average Bonchev–Trinajstić information content (AvgIpc) is 2.98. The zero-order valence-electron chi connectivity index (χ0n) is 18.5. The summed E-state index contributed by atoms with van der Waals surface area (Å²) in [5, 5.41) is 6.02. The van der Waals surface area contributed by atoms with E-state index in [4.69, 9.17) is 4.74 Å². The van der Waals surface area contributed by atoms with Crippen LogP contribution in [0.25, 0.3) is 0 Å². The number of nitrogens with zero attached hydrogens (tertiary/aromatic N) is 1. The second-order valence-electron chi connectivity index (χ2n) is 10.2. The van der Waals surface area contributed by atoms with Crippen LogP contribution in [-0.4, -0.2) is 48.2 Å². The maximum Gasteiger partial charge on any atom is 0.407 e. The molecule has 164 valence electrons. The Balaban J connectivity index is 1.25. The molecule has 2 aliphatic heterocycles. The van der Waals surface area contributed by atoms with Crippen LogP contribution in [0.5, 0.6) is 0 Å². The van der Waals surface area contributed by atoms with E-state index in [0.717, 1.165) is 57.3 Å². The zero-order valence-corrected chi connectivity index (χ0v) is 18.5. The quantitative estimate of drug-likeness (QED) is 0.784. The number of anilines is 1. The first-order valence-corrected chi connectivity index (χ1v) is 11.4. The van der Waals surface area contributed by atoms with Crippen LogP contribution >= 0.6 is 0 Å². The van der Waals surface area contributed by atoms with Crippen LogP contribution in [-0.2, 0) is 14.9 Å². The van der Waals surface area contributed by atoms with Gasteiger partial charge in [0, 0.05) is 18.3 Å². The number of amides is 2. The summed E-state index contributed by atoms with van der Waals surface area (Å²) in [4.78, 5) is 27.3. The molecule has 1 spiro atoms. The van der Waals surface area contributed by atoms with Gasteiger partial charge in [-0.3, -0.25) is 4.79 Å². The minimum atomic E-state index is -0.456. The molecule has 2 N–H and O–H groups in total. The molecule has 0 bridgehead atoms. The largest absolute Gasteiger partial charge is 0.444 e. The van der Waals surface area contributed by atoms with Crippen LogP contribution in [0.15, 0.2) is 24.3 Å². The zero-order chi connectivity index (χ0) is 21.4. The van der Waals surface area contributed by atoms with E-state index in [9.17, 15) is 9.59 Å². The first-order valence-electron chi connectivity index (χ1n) is 11.4. The Kier molecular flexibility index (Phi) is 5.80. The van der Waals surface area contributed by atoms with Crippen LogP contribution in [0.4, 0.5) is 10.5 Å². The molecule has 4 rings (SSSR count). The third-order valence-corrected chi connectivity index (χ3v) is 7.03. The minimum absolute atomic E-state index is 0.189. The lowest BCUT2D eigenvalue weighted by atomic mass is 9.68. The summed E-state index contributed by atoms with van der Waals surface area (Å²) in [7, 11) is 0. The lowest BCUT2D eigenvalue weighted by molar-refractivity contribution is -0.122. The Morgan fingerprint density at radius 1 is 1.17 bits per heavy atom. The third-order valence-electron chi connectivity index (χ3n) is 7.03. The van der Waals surface area contributed by atoms with E-state index in [1.807, 2.05) is 39.0 Å². The molecule has 2 heterocycles. The van der Waals surface area contributed by atoms with Crippen molar-refractivity contribution in [3.63, 3.8) is 0 Å². The Hall–Kier alpha value is -2.08. The monoisotopic (exact) mass is 413 g/mol. The lowest BCUT2D eigenvalue weighted by Crippen LogP contribution is -2.48. The Morgan fingerprint density at radius 2 is 1.83 bits per heavy atom. The number of likely N-dealkylation sites (tertiary alicyclic amines) is 1. The van der Waals surface area contributed by atoms with Gasteiger partial charge in [0.15, 0.2) is 0 Å². The van der Waals surface area contributed by atoms with Gasteiger partial charge in [0.05, 0.1) is 5.41 Å². The van der Waals surface area contributed by atoms with E-state index in [-0.39, 0.29) is 17.4 Å². The van der Waals surface area contributed by atoms with Crippen molar-refractivity contribution in [2.75, 3.05) is 25.0 Å². The van der Waals surface area contributed by atoms with E-state index in [0.29, 0.717) is 18.5 Å². The van der Waals surface area contributed by atoms with Crippen molar-refractivity contribution in [2.45, 2.75) is 76.4 Å². The fraction of sp³-hybridized carbons (Fsp3) is 0.667. The van der Waals surface area contributed by atoms with Crippen LogP contribution in [0.2, 0.25) is 0 Å². The van der Waals surface area contributed by atoms with Gasteiger partial charge < -0.3 is 20.3 Å². The fourth-order valence-electron chi connectivity index (χ4n) is 5.39. The highest BCUT2D eigenvalue weighted by molar-refractivity contribution is 6.06. The van der Waals surface area contributed by atoms with Gasteiger partial charge >= 0.3 is 6.09 Å². The molecule has 1 aromatic rings. The van der Waals surface area contributed by atoms with E-state index in [2.05, 4.69) is 21.6 Å². The van der Waals surface area contributed by atoms with E-state index in [1.54, 1.807) is 0 Å². The molecule has 2 amide bonds. The Bertz CT molecular complexity index is 785. The summed E-state index contributed by atoms with van der Waals surface area (Å²) >= 11 is 0. The second-order valence-corrected chi connectivity index (χ2v) is 10.2. The molecule has 1 saturated heterocycles. The molecular weight excluding hydrogens is 378 g/mol. The SMILES string of the molecule is CC(C)(C)OC(=O)NCC1CCN(C2CCC3(CC2)C(=O)Nc2ccccc23)CC1. The molecule has 0 radical (unpaired) electrons. The molecule has 3 aliphatic rings. The molecular formula is C24H35N3O3. The average molecular weight is 414 g/mol. The van der Waals surface area contributed by atoms with Gasteiger partial charge in [-0.1, -0.05) is 18.2 Å². The van der Waals surface area contributed by atoms with Gasteiger partial charge in [-0.2, -0.15) is 0 Å². The van der Waals surface area contributed by atoms with Gasteiger partial charge in [-0.05, 0) is 89.9 Å². The highest BCUT2D eigenvalue weighted by Gasteiger charge is 2.49. The van der Waals surface area contributed by atoms with E-state index < -0.39 is 5.60 Å². The molecule has 6 nitrogen and oxygen atoms in total. The highest BCUT2D eigenvalue weighted by Crippen LogP contribution is 2.48. The molecule has 30 heavy (non-hydrogen) atoms. The van der Waals surface area contributed by atoms with Crippen LogP contribution < -0.4 is 10.6 Å². The van der Waals surface area contributed by atoms with Gasteiger partial charge in [-0.15, -0.1) is 0 Å². The number of rotatable bonds is 3. The smallest absolute Gasteiger partial charge is 0.407 e. The number of ether oxygens (including phenoxy) is 1. The van der Waals surface area contributed by atoms with Crippen LogP contribution in [0, 0.1) is 5.92 Å². The van der Waals surface area contributed by atoms with E-state index >= 15 is 0 Å². The van der Waals surface area contributed by atoms with Crippen LogP contribution in [0.3, 0.4) is 0 Å². The van der Waals surface area contributed by atoms with Crippen molar-refractivity contribution in [3.8, 4) is 0 Å². The second kappa shape index (κ2) is 8.22. The fourth-order valence-corrected chi connectivity index (χ4v) is 5.39.